The van der Waals surface area contributed by atoms with Crippen LogP contribution in [-0.2, 0) is 11.3 Å². The maximum absolute atomic E-state index is 12.3. The molecule has 0 saturated carbocycles. The Morgan fingerprint density at radius 3 is 2.60 bits per heavy atom. The van der Waals surface area contributed by atoms with E-state index < -0.39 is 5.97 Å². The summed E-state index contributed by atoms with van der Waals surface area (Å²) in [5, 5.41) is 4.53. The van der Waals surface area contributed by atoms with Crippen molar-refractivity contribution in [1.82, 2.24) is 4.98 Å². The molecule has 7 heteroatoms. The molecule has 0 aliphatic heterocycles. The molecule has 0 aliphatic rings. The number of methoxy groups -OCH3 is 2. The molecule has 0 saturated heterocycles. The fraction of sp³-hybridized carbons (Fsp3) is 0.222. The molecule has 0 spiro atoms. The molecule has 25 heavy (non-hydrogen) atoms. The largest absolute Gasteiger partial charge is 0.493 e. The van der Waals surface area contributed by atoms with Gasteiger partial charge in [0.25, 0.3) is 0 Å². The van der Waals surface area contributed by atoms with Gasteiger partial charge in [0.15, 0.2) is 17.2 Å². The highest BCUT2D eigenvalue weighted by Crippen LogP contribution is 2.31. The first-order valence-electron chi connectivity index (χ1n) is 7.50. The smallest absolute Gasteiger partial charge is 0.358 e. The first kappa shape index (κ1) is 17.4. The Kier molecular flexibility index (Phi) is 5.35. The summed E-state index contributed by atoms with van der Waals surface area (Å²) in [6.45, 7) is 2.08. The molecular weight excluding hydrogens is 358 g/mol. The van der Waals surface area contributed by atoms with E-state index in [1.54, 1.807) is 30.9 Å². The van der Waals surface area contributed by atoms with Crippen LogP contribution in [0.3, 0.4) is 0 Å². The van der Waals surface area contributed by atoms with E-state index in [0.717, 1.165) is 21.0 Å². The second-order valence-corrected chi connectivity index (χ2v) is 7.03. The van der Waals surface area contributed by atoms with E-state index >= 15 is 0 Å². The molecular formula is C18H17NO4S2. The summed E-state index contributed by atoms with van der Waals surface area (Å²) in [6, 6.07) is 7.62. The Morgan fingerprint density at radius 1 is 1.16 bits per heavy atom. The number of aromatic nitrogens is 1. The van der Waals surface area contributed by atoms with Crippen LogP contribution in [0.15, 0.2) is 35.0 Å². The molecule has 3 aromatic rings. The molecule has 5 nitrogen and oxygen atoms in total. The highest BCUT2D eigenvalue weighted by Gasteiger charge is 2.15. The third-order valence-electron chi connectivity index (χ3n) is 3.65. The van der Waals surface area contributed by atoms with Gasteiger partial charge in [-0.25, -0.2) is 9.78 Å². The molecule has 0 aliphatic carbocycles. The Balaban J connectivity index is 1.70. The number of rotatable bonds is 6. The Morgan fingerprint density at radius 2 is 1.92 bits per heavy atom. The first-order valence-corrected chi connectivity index (χ1v) is 9.26. The minimum absolute atomic E-state index is 0.150. The van der Waals surface area contributed by atoms with Crippen LogP contribution in [0.1, 0.15) is 21.6 Å². The van der Waals surface area contributed by atoms with Crippen molar-refractivity contribution in [2.24, 2.45) is 0 Å². The van der Waals surface area contributed by atoms with Crippen molar-refractivity contribution in [2.45, 2.75) is 13.5 Å². The van der Waals surface area contributed by atoms with Crippen molar-refractivity contribution in [3.63, 3.8) is 0 Å². The third-order valence-corrected chi connectivity index (χ3v) is 5.53. The van der Waals surface area contributed by atoms with E-state index in [1.807, 2.05) is 36.6 Å². The lowest BCUT2D eigenvalue weighted by atomic mass is 10.1. The van der Waals surface area contributed by atoms with E-state index in [1.165, 1.54) is 11.3 Å². The molecule has 0 bridgehead atoms. The summed E-state index contributed by atoms with van der Waals surface area (Å²) in [6.07, 6.45) is 0. The number of aryl methyl sites for hydroxylation is 1. The van der Waals surface area contributed by atoms with Gasteiger partial charge >= 0.3 is 5.97 Å². The van der Waals surface area contributed by atoms with Gasteiger partial charge in [0, 0.05) is 5.38 Å². The summed E-state index contributed by atoms with van der Waals surface area (Å²) in [5.41, 5.74) is 2.15. The normalized spacial score (nSPS) is 10.5. The van der Waals surface area contributed by atoms with Gasteiger partial charge in [0.05, 0.1) is 19.1 Å². The van der Waals surface area contributed by atoms with Gasteiger partial charge in [0.1, 0.15) is 11.6 Å². The Hall–Kier alpha value is -2.38. The van der Waals surface area contributed by atoms with Crippen LogP contribution in [0.2, 0.25) is 0 Å². The topological polar surface area (TPSA) is 57.7 Å². The molecule has 0 fully saturated rings. The molecule has 0 atom stereocenters. The van der Waals surface area contributed by atoms with Crippen molar-refractivity contribution in [2.75, 3.05) is 14.2 Å². The zero-order valence-electron chi connectivity index (χ0n) is 14.1. The maximum Gasteiger partial charge on any atom is 0.358 e. The van der Waals surface area contributed by atoms with Crippen molar-refractivity contribution < 1.29 is 19.0 Å². The molecule has 130 valence electrons. The van der Waals surface area contributed by atoms with Crippen LogP contribution in [0.4, 0.5) is 0 Å². The quantitative estimate of drug-likeness (QED) is 0.592. The van der Waals surface area contributed by atoms with E-state index in [-0.39, 0.29) is 6.61 Å². The van der Waals surface area contributed by atoms with E-state index in [2.05, 4.69) is 4.98 Å². The summed E-state index contributed by atoms with van der Waals surface area (Å²) >= 11 is 3.02. The molecule has 0 unspecified atom stereocenters. The van der Waals surface area contributed by atoms with Gasteiger partial charge in [-0.3, -0.25) is 0 Å². The maximum atomic E-state index is 12.3. The van der Waals surface area contributed by atoms with Gasteiger partial charge in [-0.2, -0.15) is 0 Å². The predicted molar refractivity (Wildman–Crippen MR) is 98.8 cm³/mol. The van der Waals surface area contributed by atoms with Crippen LogP contribution >= 0.6 is 22.7 Å². The van der Waals surface area contributed by atoms with Crippen molar-refractivity contribution in [3.8, 4) is 21.4 Å². The Labute approximate surface area is 153 Å². The summed E-state index contributed by atoms with van der Waals surface area (Å²) < 4.78 is 16.0. The number of benzene rings is 1. The van der Waals surface area contributed by atoms with Crippen LogP contribution in [0, 0.1) is 6.92 Å². The average Bonchev–Trinajstić information content (AvgIpc) is 3.31. The molecule has 0 N–H and O–H groups in total. The highest BCUT2D eigenvalue weighted by molar-refractivity contribution is 7.20. The van der Waals surface area contributed by atoms with Crippen LogP contribution in [0.5, 0.6) is 11.5 Å². The van der Waals surface area contributed by atoms with Gasteiger partial charge in [-0.05, 0) is 41.6 Å². The molecule has 0 amide bonds. The number of nitrogens with zero attached hydrogens (tertiary/aromatic N) is 1. The summed E-state index contributed by atoms with van der Waals surface area (Å²) in [4.78, 5) is 17.7. The number of thiophene rings is 1. The molecule has 0 radical (unpaired) electrons. The molecule has 2 aromatic heterocycles. The minimum Gasteiger partial charge on any atom is -0.493 e. The average molecular weight is 375 g/mol. The zero-order chi connectivity index (χ0) is 17.8. The van der Waals surface area contributed by atoms with Crippen molar-refractivity contribution in [3.05, 3.63) is 51.8 Å². The monoisotopic (exact) mass is 375 g/mol. The van der Waals surface area contributed by atoms with E-state index in [0.29, 0.717) is 17.2 Å². The molecule has 2 heterocycles. The van der Waals surface area contributed by atoms with Gasteiger partial charge in [-0.15, -0.1) is 22.7 Å². The number of thiazole rings is 1. The predicted octanol–water partition coefficient (Wildman–Crippen LogP) is 4.55. The number of ether oxygens (including phenoxy) is 3. The van der Waals surface area contributed by atoms with E-state index in [9.17, 15) is 4.79 Å². The SMILES string of the molecule is COc1cc(C)c(COC(=O)c2csc(-c3cccs3)n2)cc1OC. The van der Waals surface area contributed by atoms with Gasteiger partial charge in [0.2, 0.25) is 0 Å². The highest BCUT2D eigenvalue weighted by atomic mass is 32.1. The summed E-state index contributed by atoms with van der Waals surface area (Å²) in [7, 11) is 3.16. The molecule has 1 aromatic carbocycles. The lowest BCUT2D eigenvalue weighted by Crippen LogP contribution is -2.07. The second-order valence-electron chi connectivity index (χ2n) is 5.23. The number of hydrogen-bond acceptors (Lipinski definition) is 7. The van der Waals surface area contributed by atoms with Gasteiger partial charge in [-0.1, -0.05) is 6.07 Å². The lowest BCUT2D eigenvalue weighted by molar-refractivity contribution is 0.0466. The number of carbonyl (C=O) groups is 1. The third kappa shape index (κ3) is 3.83. The van der Waals surface area contributed by atoms with Crippen molar-refractivity contribution in [1.29, 1.82) is 0 Å². The molecule has 3 rings (SSSR count). The van der Waals surface area contributed by atoms with Gasteiger partial charge < -0.3 is 14.2 Å². The van der Waals surface area contributed by atoms with Crippen LogP contribution in [-0.4, -0.2) is 25.2 Å². The fourth-order valence-corrected chi connectivity index (χ4v) is 3.88. The first-order chi connectivity index (χ1) is 12.1. The number of esters is 1. The zero-order valence-corrected chi connectivity index (χ0v) is 15.7. The number of hydrogen-bond donors (Lipinski definition) is 0. The summed E-state index contributed by atoms with van der Waals surface area (Å²) in [5.74, 6) is 0.816. The van der Waals surface area contributed by atoms with Crippen molar-refractivity contribution >= 4 is 28.6 Å². The van der Waals surface area contributed by atoms with Crippen LogP contribution in [0.25, 0.3) is 9.88 Å². The lowest BCUT2D eigenvalue weighted by Gasteiger charge is -2.12. The van der Waals surface area contributed by atoms with Crippen LogP contribution < -0.4 is 9.47 Å². The minimum atomic E-state index is -0.437. The standard InChI is InChI=1S/C18H17NO4S2/c1-11-7-14(21-2)15(22-3)8-12(11)9-23-18(20)13-10-25-17(19-13)16-5-4-6-24-16/h4-8,10H,9H2,1-3H3. The Bertz CT molecular complexity index is 871. The number of carbonyl (C=O) groups excluding carboxylic acids is 1. The second kappa shape index (κ2) is 7.67. The van der Waals surface area contributed by atoms with E-state index in [4.69, 9.17) is 14.2 Å². The fourth-order valence-electron chi connectivity index (χ4n) is 2.28.